The van der Waals surface area contributed by atoms with Crippen LogP contribution in [0.2, 0.25) is 0 Å². The molecule has 24 heavy (non-hydrogen) atoms. The van der Waals surface area contributed by atoms with Crippen LogP contribution in [-0.2, 0) is 18.9 Å². The molecule has 146 valence electrons. The van der Waals surface area contributed by atoms with E-state index in [0.29, 0.717) is 26.4 Å². The average molecular weight is 349 g/mol. The summed E-state index contributed by atoms with van der Waals surface area (Å²) in [4.78, 5) is 0. The zero-order valence-corrected chi connectivity index (χ0v) is 16.5. The number of rotatable bonds is 17. The van der Waals surface area contributed by atoms with Gasteiger partial charge in [-0.3, -0.25) is 0 Å². The van der Waals surface area contributed by atoms with E-state index in [-0.39, 0.29) is 18.3 Å². The normalized spacial score (nSPS) is 16.8. The highest BCUT2D eigenvalue weighted by molar-refractivity contribution is 4.56. The number of aliphatic hydroxyl groups excluding tert-OH is 1. The van der Waals surface area contributed by atoms with Crippen molar-refractivity contribution in [3.63, 3.8) is 0 Å². The third-order valence-electron chi connectivity index (χ3n) is 3.60. The highest BCUT2D eigenvalue weighted by Crippen LogP contribution is 2.04. The predicted molar refractivity (Wildman–Crippen MR) is 97.5 cm³/mol. The van der Waals surface area contributed by atoms with E-state index in [1.165, 1.54) is 25.7 Å². The van der Waals surface area contributed by atoms with Gasteiger partial charge in [0.15, 0.2) is 0 Å². The maximum absolute atomic E-state index is 9.17. The maximum atomic E-state index is 9.17. The van der Waals surface area contributed by atoms with Crippen molar-refractivity contribution in [3.8, 4) is 0 Å². The highest BCUT2D eigenvalue weighted by Gasteiger charge is 2.10. The molecular weight excluding hydrogens is 308 g/mol. The van der Waals surface area contributed by atoms with E-state index in [1.807, 2.05) is 20.8 Å². The first kappa shape index (κ1) is 23.8. The highest BCUT2D eigenvalue weighted by atomic mass is 16.6. The summed E-state index contributed by atoms with van der Waals surface area (Å²) in [6.45, 7) is 12.7. The Balaban J connectivity index is 3.49. The van der Waals surface area contributed by atoms with Crippen LogP contribution in [0.3, 0.4) is 0 Å². The molecule has 0 amide bonds. The lowest BCUT2D eigenvalue weighted by Crippen LogP contribution is -2.27. The monoisotopic (exact) mass is 348 g/mol. The third kappa shape index (κ3) is 16.7. The molecule has 0 radical (unpaired) electrons. The number of ether oxygens (including phenoxy) is 4. The largest absolute Gasteiger partial charge is 0.391 e. The zero-order chi connectivity index (χ0) is 18.2. The summed E-state index contributed by atoms with van der Waals surface area (Å²) >= 11 is 0. The molecule has 0 spiro atoms. The molecule has 4 unspecified atom stereocenters. The van der Waals surface area contributed by atoms with Gasteiger partial charge >= 0.3 is 0 Å². The molecule has 5 nitrogen and oxygen atoms in total. The molecule has 0 saturated heterocycles. The second kappa shape index (κ2) is 16.3. The molecule has 0 aliphatic rings. The summed E-state index contributed by atoms with van der Waals surface area (Å²) in [7, 11) is 0. The van der Waals surface area contributed by atoms with Gasteiger partial charge in [-0.1, -0.05) is 32.6 Å². The van der Waals surface area contributed by atoms with Crippen molar-refractivity contribution in [3.05, 3.63) is 0 Å². The third-order valence-corrected chi connectivity index (χ3v) is 3.60. The Morgan fingerprint density at radius 2 is 1.17 bits per heavy atom. The van der Waals surface area contributed by atoms with Crippen LogP contribution in [0.15, 0.2) is 0 Å². The molecule has 0 aliphatic carbocycles. The van der Waals surface area contributed by atoms with Crippen molar-refractivity contribution in [2.45, 2.75) is 91.1 Å². The summed E-state index contributed by atoms with van der Waals surface area (Å²) < 4.78 is 22.5. The summed E-state index contributed by atoms with van der Waals surface area (Å²) in [5.41, 5.74) is 0. The molecule has 5 heteroatoms. The van der Waals surface area contributed by atoms with E-state index in [4.69, 9.17) is 24.1 Å². The van der Waals surface area contributed by atoms with Gasteiger partial charge in [0.1, 0.15) is 0 Å². The summed E-state index contributed by atoms with van der Waals surface area (Å²) in [6, 6.07) is 0. The molecule has 0 heterocycles. The number of unbranched alkanes of at least 4 members (excludes halogenated alkanes) is 4. The number of aliphatic hydroxyl groups is 1. The van der Waals surface area contributed by atoms with E-state index >= 15 is 0 Å². The van der Waals surface area contributed by atoms with Crippen molar-refractivity contribution in [1.82, 2.24) is 0 Å². The molecule has 0 saturated carbocycles. The Hall–Kier alpha value is -0.200. The first-order valence-electron chi connectivity index (χ1n) is 9.56. The van der Waals surface area contributed by atoms with Crippen molar-refractivity contribution >= 4 is 0 Å². The Bertz CT molecular complexity index is 260. The maximum Gasteiger partial charge on any atom is 0.0781 e. The molecule has 0 aromatic rings. The van der Waals surface area contributed by atoms with Gasteiger partial charge in [0, 0.05) is 6.61 Å². The van der Waals surface area contributed by atoms with Crippen LogP contribution in [0.5, 0.6) is 0 Å². The van der Waals surface area contributed by atoms with Crippen LogP contribution in [-0.4, -0.2) is 62.6 Å². The average Bonchev–Trinajstić information content (AvgIpc) is 2.55. The van der Waals surface area contributed by atoms with Crippen LogP contribution < -0.4 is 0 Å². The molecular formula is C19H40O5. The minimum absolute atomic E-state index is 0.0130. The van der Waals surface area contributed by atoms with Crippen molar-refractivity contribution in [2.24, 2.45) is 0 Å². The van der Waals surface area contributed by atoms with Gasteiger partial charge in [-0.2, -0.15) is 0 Å². The van der Waals surface area contributed by atoms with Crippen molar-refractivity contribution in [2.75, 3.05) is 33.0 Å². The smallest absolute Gasteiger partial charge is 0.0781 e. The van der Waals surface area contributed by atoms with E-state index < -0.39 is 6.10 Å². The Kier molecular flexibility index (Phi) is 16.1. The van der Waals surface area contributed by atoms with Gasteiger partial charge in [-0.05, 0) is 34.1 Å². The standard InChI is InChI=1S/C19H40O5/c1-6-7-8-9-10-11-21-13-17(3)23-15-19(5)24-14-18(4)22-12-16(2)20/h16-20H,6-15H2,1-5H3. The lowest BCUT2D eigenvalue weighted by molar-refractivity contribution is -0.0867. The Labute approximate surface area is 149 Å². The van der Waals surface area contributed by atoms with Gasteiger partial charge in [0.25, 0.3) is 0 Å². The minimum atomic E-state index is -0.444. The molecule has 0 aromatic carbocycles. The van der Waals surface area contributed by atoms with Crippen LogP contribution in [0.1, 0.15) is 66.7 Å². The van der Waals surface area contributed by atoms with Gasteiger partial charge < -0.3 is 24.1 Å². The summed E-state index contributed by atoms with van der Waals surface area (Å²) in [5, 5.41) is 9.17. The van der Waals surface area contributed by atoms with Crippen LogP contribution in [0.4, 0.5) is 0 Å². The van der Waals surface area contributed by atoms with E-state index in [0.717, 1.165) is 13.0 Å². The topological polar surface area (TPSA) is 57.2 Å². The molecule has 0 fully saturated rings. The Morgan fingerprint density at radius 1 is 0.667 bits per heavy atom. The fourth-order valence-corrected chi connectivity index (χ4v) is 2.10. The number of hydrogen-bond acceptors (Lipinski definition) is 5. The van der Waals surface area contributed by atoms with E-state index in [2.05, 4.69) is 6.92 Å². The first-order chi connectivity index (χ1) is 11.5. The first-order valence-corrected chi connectivity index (χ1v) is 9.56. The van der Waals surface area contributed by atoms with E-state index in [9.17, 15) is 0 Å². The predicted octanol–water partition coefficient (Wildman–Crippen LogP) is 3.57. The molecule has 0 rings (SSSR count). The molecule has 4 atom stereocenters. The van der Waals surface area contributed by atoms with Gasteiger partial charge in [0.2, 0.25) is 0 Å². The SMILES string of the molecule is CCCCCCCOCC(C)OCC(C)OCC(C)OCC(C)O. The van der Waals surface area contributed by atoms with E-state index in [1.54, 1.807) is 6.92 Å². The molecule has 0 bridgehead atoms. The van der Waals surface area contributed by atoms with Gasteiger partial charge in [-0.25, -0.2) is 0 Å². The minimum Gasteiger partial charge on any atom is -0.391 e. The van der Waals surface area contributed by atoms with Gasteiger partial charge in [0.05, 0.1) is 50.8 Å². The quantitative estimate of drug-likeness (QED) is 0.407. The second-order valence-electron chi connectivity index (χ2n) is 6.77. The Morgan fingerprint density at radius 3 is 1.71 bits per heavy atom. The van der Waals surface area contributed by atoms with Crippen molar-refractivity contribution in [1.29, 1.82) is 0 Å². The van der Waals surface area contributed by atoms with Crippen LogP contribution in [0, 0.1) is 0 Å². The van der Waals surface area contributed by atoms with Gasteiger partial charge in [-0.15, -0.1) is 0 Å². The summed E-state index contributed by atoms with van der Waals surface area (Å²) in [5.74, 6) is 0. The number of hydrogen-bond donors (Lipinski definition) is 1. The zero-order valence-electron chi connectivity index (χ0n) is 16.5. The summed E-state index contributed by atoms with van der Waals surface area (Å²) in [6.07, 6.45) is 5.91. The van der Waals surface area contributed by atoms with Crippen LogP contribution in [0.25, 0.3) is 0 Å². The lowest BCUT2D eigenvalue weighted by Gasteiger charge is -2.20. The second-order valence-corrected chi connectivity index (χ2v) is 6.77. The fraction of sp³-hybridized carbons (Fsp3) is 1.00. The molecule has 0 aromatic heterocycles. The molecule has 0 aliphatic heterocycles. The molecule has 1 N–H and O–H groups in total. The van der Waals surface area contributed by atoms with Crippen molar-refractivity contribution < 1.29 is 24.1 Å². The van der Waals surface area contributed by atoms with Crippen LogP contribution >= 0.6 is 0 Å². The lowest BCUT2D eigenvalue weighted by atomic mass is 10.2. The fourth-order valence-electron chi connectivity index (χ4n) is 2.10.